The molecule has 5 heteroatoms. The van der Waals surface area contributed by atoms with E-state index in [1.54, 1.807) is 12.1 Å². The Morgan fingerprint density at radius 1 is 0.379 bits per heavy atom. The molecule has 0 amide bonds. The van der Waals surface area contributed by atoms with Crippen LogP contribution in [-0.4, -0.2) is 15.0 Å². The van der Waals surface area contributed by atoms with Gasteiger partial charge in [0.25, 0.3) is 0 Å². The summed E-state index contributed by atoms with van der Waals surface area (Å²) in [4.78, 5) is 14.9. The van der Waals surface area contributed by atoms with Crippen molar-refractivity contribution >= 4 is 0 Å². The molecule has 58 heavy (non-hydrogen) atoms. The first-order chi connectivity index (χ1) is 28.7. The molecule has 1 aliphatic heterocycles. The molecule has 1 aliphatic rings. The van der Waals surface area contributed by atoms with Gasteiger partial charge in [-0.15, -0.1) is 0 Å². The molecule has 0 spiro atoms. The molecular formula is C53H34N4O. The number of hydrogen-bond donors (Lipinski definition) is 0. The van der Waals surface area contributed by atoms with E-state index in [9.17, 15) is 5.26 Å². The van der Waals surface area contributed by atoms with Crippen LogP contribution in [0.15, 0.2) is 206 Å². The molecule has 5 nitrogen and oxygen atoms in total. The third-order valence-electron chi connectivity index (χ3n) is 10.9. The van der Waals surface area contributed by atoms with E-state index in [0.717, 1.165) is 61.6 Å². The quantitative estimate of drug-likeness (QED) is 0.163. The molecule has 272 valence electrons. The van der Waals surface area contributed by atoms with E-state index >= 15 is 0 Å². The Balaban J connectivity index is 1.08. The van der Waals surface area contributed by atoms with Crippen molar-refractivity contribution in [1.29, 1.82) is 5.26 Å². The van der Waals surface area contributed by atoms with Crippen molar-refractivity contribution in [3.63, 3.8) is 0 Å². The van der Waals surface area contributed by atoms with Gasteiger partial charge in [-0.2, -0.15) is 5.26 Å². The number of rotatable bonds is 7. The van der Waals surface area contributed by atoms with Crippen LogP contribution in [0.1, 0.15) is 27.8 Å². The lowest BCUT2D eigenvalue weighted by Crippen LogP contribution is -2.34. The van der Waals surface area contributed by atoms with Crippen LogP contribution in [0.5, 0.6) is 11.5 Å². The van der Waals surface area contributed by atoms with Gasteiger partial charge in [0.1, 0.15) is 11.5 Å². The second-order valence-corrected chi connectivity index (χ2v) is 14.3. The van der Waals surface area contributed by atoms with Gasteiger partial charge in [0, 0.05) is 33.4 Å². The summed E-state index contributed by atoms with van der Waals surface area (Å²) in [5.74, 6) is 3.30. The van der Waals surface area contributed by atoms with Gasteiger partial charge in [-0.3, -0.25) is 0 Å². The predicted molar refractivity (Wildman–Crippen MR) is 230 cm³/mol. The van der Waals surface area contributed by atoms with Gasteiger partial charge in [0.2, 0.25) is 0 Å². The van der Waals surface area contributed by atoms with Crippen LogP contribution < -0.4 is 4.74 Å². The monoisotopic (exact) mass is 742 g/mol. The number of benzene rings is 8. The Morgan fingerprint density at radius 3 is 1.36 bits per heavy atom. The minimum absolute atomic E-state index is 0.531. The third-order valence-corrected chi connectivity index (χ3v) is 10.9. The molecule has 1 aromatic heterocycles. The number of nitrogens with zero attached hydrogens (tertiary/aromatic N) is 4. The summed E-state index contributed by atoms with van der Waals surface area (Å²) < 4.78 is 6.91. The van der Waals surface area contributed by atoms with Crippen molar-refractivity contribution in [2.24, 2.45) is 0 Å². The molecule has 9 aromatic rings. The van der Waals surface area contributed by atoms with E-state index in [0.29, 0.717) is 23.0 Å². The fourth-order valence-corrected chi connectivity index (χ4v) is 8.15. The summed E-state index contributed by atoms with van der Waals surface area (Å²) in [6, 6.07) is 72.7. The lowest BCUT2D eigenvalue weighted by Gasteiger charge is -2.42. The van der Waals surface area contributed by atoms with Gasteiger partial charge in [-0.25, -0.2) is 15.0 Å². The van der Waals surface area contributed by atoms with Crippen molar-refractivity contribution in [1.82, 2.24) is 15.0 Å². The second kappa shape index (κ2) is 14.6. The summed E-state index contributed by atoms with van der Waals surface area (Å²) in [7, 11) is 0. The van der Waals surface area contributed by atoms with E-state index < -0.39 is 5.41 Å². The maximum Gasteiger partial charge on any atom is 0.164 e. The average Bonchev–Trinajstić information content (AvgIpc) is 3.31. The fourth-order valence-electron chi connectivity index (χ4n) is 8.15. The normalized spacial score (nSPS) is 12.4. The summed E-state index contributed by atoms with van der Waals surface area (Å²) in [6.45, 7) is 0. The highest BCUT2D eigenvalue weighted by Crippen LogP contribution is 2.57. The molecule has 0 unspecified atom stereocenters. The molecule has 0 fully saturated rings. The van der Waals surface area contributed by atoms with Gasteiger partial charge < -0.3 is 4.74 Å². The zero-order chi connectivity index (χ0) is 38.9. The van der Waals surface area contributed by atoms with Crippen molar-refractivity contribution in [3.8, 4) is 74.0 Å². The lowest BCUT2D eigenvalue weighted by molar-refractivity contribution is 0.436. The number of aromatic nitrogens is 3. The zero-order valence-corrected chi connectivity index (χ0v) is 31.3. The molecule has 0 atom stereocenters. The largest absolute Gasteiger partial charge is 0.456 e. The van der Waals surface area contributed by atoms with Gasteiger partial charge in [-0.1, -0.05) is 176 Å². The van der Waals surface area contributed by atoms with Crippen LogP contribution in [0.25, 0.3) is 56.4 Å². The first-order valence-electron chi connectivity index (χ1n) is 19.2. The molecule has 0 bridgehead atoms. The van der Waals surface area contributed by atoms with E-state index in [2.05, 4.69) is 164 Å². The Labute approximate surface area is 337 Å². The average molecular weight is 743 g/mol. The van der Waals surface area contributed by atoms with E-state index in [1.807, 2.05) is 36.4 Å². The SMILES string of the molecule is N#Cc1ccc(-c2nc(-c3ccc(-c4ccccc4)cc3)nc(-c3ccc(-c4cccc5c4Oc4ccccc4C5(c4ccccc4)c4ccccc4)cc3)n2)cc1. The minimum Gasteiger partial charge on any atom is -0.456 e. The Kier molecular flexibility index (Phi) is 8.70. The highest BCUT2D eigenvalue weighted by Gasteiger charge is 2.45. The van der Waals surface area contributed by atoms with E-state index in [4.69, 9.17) is 19.7 Å². The molecule has 0 radical (unpaired) electrons. The van der Waals surface area contributed by atoms with Crippen LogP contribution in [-0.2, 0) is 5.41 Å². The highest BCUT2D eigenvalue weighted by atomic mass is 16.5. The van der Waals surface area contributed by atoms with Crippen LogP contribution in [0.4, 0.5) is 0 Å². The zero-order valence-electron chi connectivity index (χ0n) is 31.3. The maximum absolute atomic E-state index is 9.43. The summed E-state index contributed by atoms with van der Waals surface area (Å²) in [6.07, 6.45) is 0. The molecule has 0 saturated carbocycles. The molecule has 10 rings (SSSR count). The first kappa shape index (κ1) is 34.5. The smallest absolute Gasteiger partial charge is 0.164 e. The van der Waals surface area contributed by atoms with Crippen LogP contribution >= 0.6 is 0 Å². The van der Waals surface area contributed by atoms with Crippen molar-refractivity contribution in [3.05, 3.63) is 234 Å². The summed E-state index contributed by atoms with van der Waals surface area (Å²) in [5, 5.41) is 9.43. The van der Waals surface area contributed by atoms with Crippen LogP contribution in [0.2, 0.25) is 0 Å². The van der Waals surface area contributed by atoms with E-state index in [-0.39, 0.29) is 0 Å². The maximum atomic E-state index is 9.43. The number of para-hydroxylation sites is 2. The number of hydrogen-bond acceptors (Lipinski definition) is 5. The molecule has 0 saturated heterocycles. The highest BCUT2D eigenvalue weighted by molar-refractivity contribution is 5.81. The van der Waals surface area contributed by atoms with Crippen molar-refractivity contribution in [2.45, 2.75) is 5.41 Å². The topological polar surface area (TPSA) is 71.7 Å². The summed E-state index contributed by atoms with van der Waals surface area (Å²) >= 11 is 0. The number of nitriles is 1. The molecular weight excluding hydrogens is 709 g/mol. The van der Waals surface area contributed by atoms with Crippen molar-refractivity contribution in [2.75, 3.05) is 0 Å². The minimum atomic E-state index is -0.606. The second-order valence-electron chi connectivity index (χ2n) is 14.3. The van der Waals surface area contributed by atoms with Gasteiger partial charge in [0.05, 0.1) is 17.0 Å². The molecule has 8 aromatic carbocycles. The van der Waals surface area contributed by atoms with Crippen LogP contribution in [0.3, 0.4) is 0 Å². The first-order valence-corrected chi connectivity index (χ1v) is 19.2. The molecule has 0 aliphatic carbocycles. The predicted octanol–water partition coefficient (Wildman–Crippen LogP) is 12.6. The van der Waals surface area contributed by atoms with E-state index in [1.165, 1.54) is 11.1 Å². The molecule has 0 N–H and O–H groups in total. The number of fused-ring (bicyclic) bond motifs is 2. The summed E-state index contributed by atoms with van der Waals surface area (Å²) in [5.41, 5.74) is 11.3. The molecule has 2 heterocycles. The van der Waals surface area contributed by atoms with Crippen LogP contribution in [0, 0.1) is 11.3 Å². The van der Waals surface area contributed by atoms with Gasteiger partial charge in [-0.05, 0) is 58.1 Å². The Hall–Kier alpha value is -7.94. The Morgan fingerprint density at radius 2 is 0.810 bits per heavy atom. The standard InChI is InChI=1S/C53H34N4O/c54-35-36-23-25-40(26-24-36)50-55-51(41-31-27-38(28-32-41)37-13-4-1-5-14-37)57-52(56-50)42-33-29-39(30-34-42)45-19-12-21-47-49(45)58-48-22-11-10-20-46(48)53(47,43-15-6-2-7-16-43)44-17-8-3-9-18-44/h1-34H. The number of ether oxygens (including phenoxy) is 1. The van der Waals surface area contributed by atoms with Crippen molar-refractivity contribution < 1.29 is 4.74 Å². The van der Waals surface area contributed by atoms with Gasteiger partial charge in [0.15, 0.2) is 17.5 Å². The third kappa shape index (κ3) is 6.01. The Bertz CT molecular complexity index is 2900. The fraction of sp³-hybridized carbons (Fsp3) is 0.0189. The van der Waals surface area contributed by atoms with Gasteiger partial charge >= 0.3 is 0 Å². The lowest BCUT2D eigenvalue weighted by atomic mass is 9.63.